The van der Waals surface area contributed by atoms with Crippen molar-refractivity contribution in [2.24, 2.45) is 10.4 Å². The van der Waals surface area contributed by atoms with E-state index >= 15 is 0 Å². The summed E-state index contributed by atoms with van der Waals surface area (Å²) in [5.74, 6) is 0.805. The summed E-state index contributed by atoms with van der Waals surface area (Å²) in [4.78, 5) is 9.88. The molecule has 2 aromatic rings. The summed E-state index contributed by atoms with van der Waals surface area (Å²) in [5, 5.41) is 10.7. The summed E-state index contributed by atoms with van der Waals surface area (Å²) in [7, 11) is 0. The molecule has 150 valence electrons. The fourth-order valence-corrected chi connectivity index (χ4v) is 4.12. The predicted molar refractivity (Wildman–Crippen MR) is 118 cm³/mol. The maximum Gasteiger partial charge on any atom is 0.102 e. The van der Waals surface area contributed by atoms with Gasteiger partial charge in [0, 0.05) is 5.41 Å². The lowest BCUT2D eigenvalue weighted by atomic mass is 9.88. The molecule has 0 spiro atoms. The third-order valence-corrected chi connectivity index (χ3v) is 5.87. The van der Waals surface area contributed by atoms with Gasteiger partial charge < -0.3 is 5.11 Å². The molecular weight excluding hydrogens is 344 g/mol. The Kier molecular flexibility index (Phi) is 5.51. The monoisotopic (exact) mass is 378 g/mol. The van der Waals surface area contributed by atoms with Crippen LogP contribution in [0.3, 0.4) is 0 Å². The van der Waals surface area contributed by atoms with Crippen molar-refractivity contribution in [3.63, 3.8) is 0 Å². The second-order valence-electron chi connectivity index (χ2n) is 9.61. The molecule has 0 aliphatic heterocycles. The highest BCUT2D eigenvalue weighted by atomic mass is 16.3. The van der Waals surface area contributed by atoms with E-state index in [1.807, 2.05) is 13.0 Å². The zero-order valence-electron chi connectivity index (χ0n) is 18.6. The number of fused-ring (bicyclic) bond motifs is 1. The molecule has 1 aromatic carbocycles. The van der Waals surface area contributed by atoms with Crippen LogP contribution < -0.4 is 0 Å². The number of aliphatic imine (C=N–C) groups is 1. The van der Waals surface area contributed by atoms with E-state index in [4.69, 9.17) is 9.98 Å². The second-order valence-corrected chi connectivity index (χ2v) is 9.61. The van der Waals surface area contributed by atoms with Gasteiger partial charge in [-0.15, -0.1) is 0 Å². The molecule has 0 radical (unpaired) electrons. The van der Waals surface area contributed by atoms with Crippen molar-refractivity contribution in [3.8, 4) is 0 Å². The molecule has 1 N–H and O–H groups in total. The van der Waals surface area contributed by atoms with Crippen molar-refractivity contribution in [3.05, 3.63) is 57.9 Å². The molecular formula is C25H34N2O. The van der Waals surface area contributed by atoms with Gasteiger partial charge in [-0.2, -0.15) is 0 Å². The SMILES string of the molecule is C/C(=N\c1c(C(C)C)cc(C)cc1C(C)C)c1ccc2c(n1)C(O)C(C)(C)C2. The molecule has 3 rings (SSSR count). The molecule has 0 saturated heterocycles. The Hall–Kier alpha value is -2.00. The largest absolute Gasteiger partial charge is 0.386 e. The smallest absolute Gasteiger partial charge is 0.102 e. The van der Waals surface area contributed by atoms with Crippen LogP contribution in [-0.2, 0) is 6.42 Å². The first-order valence-corrected chi connectivity index (χ1v) is 10.4. The van der Waals surface area contributed by atoms with Crippen LogP contribution in [-0.4, -0.2) is 15.8 Å². The summed E-state index contributed by atoms with van der Waals surface area (Å²) in [5.41, 5.74) is 8.47. The topological polar surface area (TPSA) is 45.5 Å². The summed E-state index contributed by atoms with van der Waals surface area (Å²) >= 11 is 0. The molecule has 0 amide bonds. The molecule has 1 aliphatic carbocycles. The van der Waals surface area contributed by atoms with E-state index < -0.39 is 6.10 Å². The fraction of sp³-hybridized carbons (Fsp3) is 0.520. The van der Waals surface area contributed by atoms with Gasteiger partial charge in [-0.3, -0.25) is 4.99 Å². The number of rotatable bonds is 4. The fourth-order valence-electron chi connectivity index (χ4n) is 4.12. The van der Waals surface area contributed by atoms with Gasteiger partial charge in [0.2, 0.25) is 0 Å². The van der Waals surface area contributed by atoms with Crippen LogP contribution >= 0.6 is 0 Å². The minimum absolute atomic E-state index is 0.161. The maximum absolute atomic E-state index is 10.7. The third-order valence-electron chi connectivity index (χ3n) is 5.87. The number of nitrogens with zero attached hydrogens (tertiary/aromatic N) is 2. The highest BCUT2D eigenvalue weighted by molar-refractivity contribution is 5.99. The number of aliphatic hydroxyl groups is 1. The van der Waals surface area contributed by atoms with Gasteiger partial charge >= 0.3 is 0 Å². The maximum atomic E-state index is 10.7. The van der Waals surface area contributed by atoms with Crippen molar-refractivity contribution in [2.75, 3.05) is 0 Å². The van der Waals surface area contributed by atoms with Gasteiger partial charge in [0.1, 0.15) is 6.10 Å². The van der Waals surface area contributed by atoms with E-state index in [9.17, 15) is 5.11 Å². The van der Waals surface area contributed by atoms with Crippen molar-refractivity contribution in [2.45, 2.75) is 79.8 Å². The first-order valence-electron chi connectivity index (χ1n) is 10.4. The van der Waals surface area contributed by atoms with Crippen LogP contribution in [0.1, 0.15) is 100 Å². The Labute approximate surface area is 170 Å². The lowest BCUT2D eigenvalue weighted by Gasteiger charge is -2.21. The number of aliphatic hydroxyl groups excluding tert-OH is 1. The minimum atomic E-state index is -0.521. The second kappa shape index (κ2) is 7.44. The number of benzene rings is 1. The molecule has 1 heterocycles. The molecule has 3 heteroatoms. The molecule has 1 aromatic heterocycles. The Morgan fingerprint density at radius 2 is 1.68 bits per heavy atom. The summed E-state index contributed by atoms with van der Waals surface area (Å²) in [6.45, 7) is 17.3. The zero-order valence-corrected chi connectivity index (χ0v) is 18.6. The van der Waals surface area contributed by atoms with Crippen LogP contribution in [0.4, 0.5) is 5.69 Å². The first kappa shape index (κ1) is 20.7. The highest BCUT2D eigenvalue weighted by Crippen LogP contribution is 2.44. The van der Waals surface area contributed by atoms with Crippen molar-refractivity contribution in [1.82, 2.24) is 4.98 Å². The van der Waals surface area contributed by atoms with Crippen LogP contribution in [0, 0.1) is 12.3 Å². The molecule has 0 fully saturated rings. The summed E-state index contributed by atoms with van der Waals surface area (Å²) in [6, 6.07) is 8.66. The lowest BCUT2D eigenvalue weighted by Crippen LogP contribution is -2.17. The van der Waals surface area contributed by atoms with E-state index in [-0.39, 0.29) is 5.41 Å². The van der Waals surface area contributed by atoms with E-state index in [1.54, 1.807) is 0 Å². The van der Waals surface area contributed by atoms with Crippen LogP contribution in [0.15, 0.2) is 29.3 Å². The number of aryl methyl sites for hydroxylation is 1. The van der Waals surface area contributed by atoms with Crippen molar-refractivity contribution in [1.29, 1.82) is 0 Å². The van der Waals surface area contributed by atoms with Gasteiger partial charge in [0.15, 0.2) is 0 Å². The van der Waals surface area contributed by atoms with Crippen LogP contribution in [0.25, 0.3) is 0 Å². The molecule has 0 bridgehead atoms. The number of aromatic nitrogens is 1. The van der Waals surface area contributed by atoms with E-state index in [2.05, 4.69) is 66.7 Å². The van der Waals surface area contributed by atoms with Gasteiger partial charge in [-0.25, -0.2) is 4.98 Å². The number of hydrogen-bond donors (Lipinski definition) is 1. The van der Waals surface area contributed by atoms with Gasteiger partial charge in [0.25, 0.3) is 0 Å². The molecule has 28 heavy (non-hydrogen) atoms. The van der Waals surface area contributed by atoms with Gasteiger partial charge in [-0.05, 0) is 54.9 Å². The molecule has 1 unspecified atom stereocenters. The number of hydrogen-bond acceptors (Lipinski definition) is 3. The normalized spacial score (nSPS) is 18.8. The summed E-state index contributed by atoms with van der Waals surface area (Å²) in [6.07, 6.45) is 0.340. The van der Waals surface area contributed by atoms with Gasteiger partial charge in [0.05, 0.1) is 22.8 Å². The quantitative estimate of drug-likeness (QED) is 0.626. The Balaban J connectivity index is 2.10. The van der Waals surface area contributed by atoms with Crippen molar-refractivity contribution < 1.29 is 5.11 Å². The van der Waals surface area contributed by atoms with Crippen LogP contribution in [0.2, 0.25) is 0 Å². The average Bonchev–Trinajstić information content (AvgIpc) is 2.84. The lowest BCUT2D eigenvalue weighted by molar-refractivity contribution is 0.0636. The highest BCUT2D eigenvalue weighted by Gasteiger charge is 2.39. The van der Waals surface area contributed by atoms with Crippen molar-refractivity contribution >= 4 is 11.4 Å². The Morgan fingerprint density at radius 1 is 1.11 bits per heavy atom. The first-order chi connectivity index (χ1) is 13.0. The minimum Gasteiger partial charge on any atom is -0.386 e. The standard InChI is InChI=1S/C25H34N2O/c1-14(2)19-11-16(5)12-20(15(3)4)23(19)26-17(6)21-10-9-18-13-25(7,8)24(28)22(18)27-21/h9-12,14-15,24,28H,13H2,1-8H3/b26-17+. The molecule has 1 aliphatic rings. The average molecular weight is 379 g/mol. The molecule has 1 atom stereocenters. The van der Waals surface area contributed by atoms with E-state index in [0.717, 1.165) is 34.8 Å². The van der Waals surface area contributed by atoms with Gasteiger partial charge in [-0.1, -0.05) is 65.3 Å². The van der Waals surface area contributed by atoms with Crippen LogP contribution in [0.5, 0.6) is 0 Å². The van der Waals surface area contributed by atoms with E-state index in [0.29, 0.717) is 11.8 Å². The third kappa shape index (κ3) is 3.77. The Morgan fingerprint density at radius 3 is 2.21 bits per heavy atom. The summed E-state index contributed by atoms with van der Waals surface area (Å²) < 4.78 is 0. The molecule has 0 saturated carbocycles. The molecule has 3 nitrogen and oxygen atoms in total. The number of pyridine rings is 1. The predicted octanol–water partition coefficient (Wildman–Crippen LogP) is 6.39. The van der Waals surface area contributed by atoms with E-state index in [1.165, 1.54) is 16.7 Å². The zero-order chi connectivity index (χ0) is 20.8. The Bertz CT molecular complexity index is 893.